The Labute approximate surface area is 96.7 Å². The molecule has 4 nitrogen and oxygen atoms in total. The first-order valence-corrected chi connectivity index (χ1v) is 6.04. The van der Waals surface area contributed by atoms with E-state index >= 15 is 0 Å². The third kappa shape index (κ3) is 2.62. The predicted octanol–water partition coefficient (Wildman–Crippen LogP) is 1.12. The lowest BCUT2D eigenvalue weighted by atomic mass is 9.92. The quantitative estimate of drug-likeness (QED) is 0.807. The zero-order valence-electron chi connectivity index (χ0n) is 10.1. The van der Waals surface area contributed by atoms with Crippen molar-refractivity contribution >= 4 is 0 Å². The highest BCUT2D eigenvalue weighted by atomic mass is 16.3. The minimum atomic E-state index is -0.578. The Bertz CT molecular complexity index is 340. The Morgan fingerprint density at radius 1 is 1.50 bits per heavy atom. The van der Waals surface area contributed by atoms with Crippen LogP contribution in [0.5, 0.6) is 0 Å². The summed E-state index contributed by atoms with van der Waals surface area (Å²) >= 11 is 0. The van der Waals surface area contributed by atoms with Gasteiger partial charge in [-0.2, -0.15) is 5.10 Å². The van der Waals surface area contributed by atoms with Crippen LogP contribution in [0.1, 0.15) is 38.2 Å². The Balaban J connectivity index is 2.02. The fourth-order valence-corrected chi connectivity index (χ4v) is 2.12. The van der Waals surface area contributed by atoms with Gasteiger partial charge in [0.25, 0.3) is 0 Å². The van der Waals surface area contributed by atoms with Crippen LogP contribution in [0.4, 0.5) is 0 Å². The second-order valence-electron chi connectivity index (χ2n) is 5.10. The molecule has 1 aliphatic rings. The number of aliphatic hydroxyl groups is 1. The van der Waals surface area contributed by atoms with Crippen LogP contribution in [0.15, 0.2) is 12.4 Å². The molecule has 4 heteroatoms. The van der Waals surface area contributed by atoms with Gasteiger partial charge in [0, 0.05) is 6.20 Å². The van der Waals surface area contributed by atoms with Crippen molar-refractivity contribution in [2.24, 2.45) is 0 Å². The molecule has 0 atom stereocenters. The second kappa shape index (κ2) is 4.55. The van der Waals surface area contributed by atoms with E-state index in [4.69, 9.17) is 0 Å². The van der Waals surface area contributed by atoms with E-state index in [2.05, 4.69) is 24.3 Å². The van der Waals surface area contributed by atoms with Crippen molar-refractivity contribution in [3.05, 3.63) is 18.0 Å². The monoisotopic (exact) mass is 223 g/mol. The molecule has 2 heterocycles. The van der Waals surface area contributed by atoms with Crippen molar-refractivity contribution in [2.45, 2.75) is 44.8 Å². The second-order valence-corrected chi connectivity index (χ2v) is 5.10. The van der Waals surface area contributed by atoms with Crippen molar-refractivity contribution in [3.63, 3.8) is 0 Å². The molecule has 0 saturated carbocycles. The number of piperidine rings is 1. The maximum atomic E-state index is 10.4. The molecule has 1 aliphatic heterocycles. The molecule has 2 rings (SSSR count). The van der Waals surface area contributed by atoms with Gasteiger partial charge in [-0.05, 0) is 37.4 Å². The fourth-order valence-electron chi connectivity index (χ4n) is 2.12. The molecule has 0 spiro atoms. The smallest absolute Gasteiger partial charge is 0.0866 e. The van der Waals surface area contributed by atoms with Gasteiger partial charge in [0.2, 0.25) is 0 Å². The molecular formula is C12H21N3O. The van der Waals surface area contributed by atoms with Crippen LogP contribution in [0, 0.1) is 0 Å². The van der Waals surface area contributed by atoms with Gasteiger partial charge in [0.1, 0.15) is 0 Å². The molecule has 0 unspecified atom stereocenters. The summed E-state index contributed by atoms with van der Waals surface area (Å²) in [7, 11) is 0. The summed E-state index contributed by atoms with van der Waals surface area (Å²) in [5, 5.41) is 17.9. The zero-order valence-corrected chi connectivity index (χ0v) is 10.1. The number of hydrogen-bond acceptors (Lipinski definition) is 3. The number of rotatable bonds is 3. The standard InChI is InChI=1S/C12H21N3O/c1-10(2)11-7-14-15(8-11)9-12(16)3-5-13-6-4-12/h7-8,10,13,16H,3-6,9H2,1-2H3. The van der Waals surface area contributed by atoms with Crippen molar-refractivity contribution in [3.8, 4) is 0 Å². The van der Waals surface area contributed by atoms with Gasteiger partial charge >= 0.3 is 0 Å². The molecule has 90 valence electrons. The summed E-state index contributed by atoms with van der Waals surface area (Å²) in [4.78, 5) is 0. The van der Waals surface area contributed by atoms with Gasteiger partial charge in [0.15, 0.2) is 0 Å². The minimum absolute atomic E-state index is 0.497. The molecule has 1 saturated heterocycles. The molecule has 0 amide bonds. The zero-order chi connectivity index (χ0) is 11.6. The third-order valence-electron chi connectivity index (χ3n) is 3.31. The van der Waals surface area contributed by atoms with E-state index in [0.717, 1.165) is 25.9 Å². The van der Waals surface area contributed by atoms with Gasteiger partial charge in [-0.25, -0.2) is 0 Å². The van der Waals surface area contributed by atoms with Gasteiger partial charge in [-0.1, -0.05) is 13.8 Å². The van der Waals surface area contributed by atoms with Crippen molar-refractivity contribution in [1.29, 1.82) is 0 Å². The number of nitrogens with zero attached hydrogens (tertiary/aromatic N) is 2. The Morgan fingerprint density at radius 3 is 2.75 bits per heavy atom. The molecule has 1 aromatic heterocycles. The van der Waals surface area contributed by atoms with E-state index in [-0.39, 0.29) is 0 Å². The molecule has 2 N–H and O–H groups in total. The van der Waals surface area contributed by atoms with E-state index in [1.54, 1.807) is 0 Å². The first-order chi connectivity index (χ1) is 7.59. The maximum absolute atomic E-state index is 10.4. The molecule has 1 fully saturated rings. The van der Waals surface area contributed by atoms with E-state index in [9.17, 15) is 5.11 Å². The van der Waals surface area contributed by atoms with Crippen molar-refractivity contribution in [1.82, 2.24) is 15.1 Å². The fraction of sp³-hybridized carbons (Fsp3) is 0.750. The number of nitrogens with one attached hydrogen (secondary N) is 1. The predicted molar refractivity (Wildman–Crippen MR) is 63.4 cm³/mol. The Kier molecular flexibility index (Phi) is 3.30. The highest BCUT2D eigenvalue weighted by Crippen LogP contribution is 2.21. The summed E-state index contributed by atoms with van der Waals surface area (Å²) in [5.41, 5.74) is 0.656. The SMILES string of the molecule is CC(C)c1cnn(CC2(O)CCNCC2)c1. The van der Waals surface area contributed by atoms with Gasteiger partial charge in [0.05, 0.1) is 18.3 Å². The lowest BCUT2D eigenvalue weighted by molar-refractivity contribution is -0.00824. The molecule has 0 bridgehead atoms. The lowest BCUT2D eigenvalue weighted by Gasteiger charge is -2.32. The van der Waals surface area contributed by atoms with Crippen LogP contribution in [0.2, 0.25) is 0 Å². The lowest BCUT2D eigenvalue weighted by Crippen LogP contribution is -2.44. The van der Waals surface area contributed by atoms with Gasteiger partial charge < -0.3 is 10.4 Å². The summed E-state index contributed by atoms with van der Waals surface area (Å²) in [6.45, 7) is 6.71. The van der Waals surface area contributed by atoms with Crippen molar-refractivity contribution < 1.29 is 5.11 Å². The van der Waals surface area contributed by atoms with E-state index in [1.807, 2.05) is 17.1 Å². The van der Waals surface area contributed by atoms with Crippen LogP contribution in [0.3, 0.4) is 0 Å². The van der Waals surface area contributed by atoms with E-state index in [0.29, 0.717) is 12.5 Å². The Hall–Kier alpha value is -0.870. The van der Waals surface area contributed by atoms with Crippen molar-refractivity contribution in [2.75, 3.05) is 13.1 Å². The van der Waals surface area contributed by atoms with Crippen LogP contribution >= 0.6 is 0 Å². The normalized spacial score (nSPS) is 20.2. The average Bonchev–Trinajstić information content (AvgIpc) is 2.66. The number of hydrogen-bond donors (Lipinski definition) is 2. The first kappa shape index (κ1) is 11.6. The molecule has 1 aromatic rings. The van der Waals surface area contributed by atoms with E-state index < -0.39 is 5.60 Å². The summed E-state index contributed by atoms with van der Waals surface area (Å²) in [5.74, 6) is 0.497. The van der Waals surface area contributed by atoms with Crippen LogP contribution < -0.4 is 5.32 Å². The molecular weight excluding hydrogens is 202 g/mol. The maximum Gasteiger partial charge on any atom is 0.0866 e. The third-order valence-corrected chi connectivity index (χ3v) is 3.31. The largest absolute Gasteiger partial charge is 0.388 e. The van der Waals surface area contributed by atoms with Gasteiger partial charge in [-0.15, -0.1) is 0 Å². The first-order valence-electron chi connectivity index (χ1n) is 6.04. The summed E-state index contributed by atoms with van der Waals surface area (Å²) < 4.78 is 1.88. The summed E-state index contributed by atoms with van der Waals surface area (Å²) in [6.07, 6.45) is 5.56. The average molecular weight is 223 g/mol. The minimum Gasteiger partial charge on any atom is -0.388 e. The molecule has 0 radical (unpaired) electrons. The molecule has 16 heavy (non-hydrogen) atoms. The summed E-state index contributed by atoms with van der Waals surface area (Å²) in [6, 6.07) is 0. The highest BCUT2D eigenvalue weighted by molar-refractivity contribution is 5.09. The van der Waals surface area contributed by atoms with E-state index in [1.165, 1.54) is 5.56 Å². The Morgan fingerprint density at radius 2 is 2.19 bits per heavy atom. The topological polar surface area (TPSA) is 50.1 Å². The number of aromatic nitrogens is 2. The highest BCUT2D eigenvalue weighted by Gasteiger charge is 2.29. The van der Waals surface area contributed by atoms with Gasteiger partial charge in [-0.3, -0.25) is 4.68 Å². The van der Waals surface area contributed by atoms with Crippen LogP contribution in [0.25, 0.3) is 0 Å². The molecule has 0 aromatic carbocycles. The van der Waals surface area contributed by atoms with Crippen LogP contribution in [-0.4, -0.2) is 33.6 Å². The van der Waals surface area contributed by atoms with Crippen LogP contribution in [-0.2, 0) is 6.54 Å². The molecule has 0 aliphatic carbocycles.